The van der Waals surface area contributed by atoms with Crippen molar-refractivity contribution >= 4 is 26.0 Å². The number of imidazole rings is 1. The molecular weight excluding hydrogens is 334 g/mol. The number of hydrogen-bond acceptors (Lipinski definition) is 4. The number of nitrogens with one attached hydrogen (secondary N) is 1. The third-order valence-corrected chi connectivity index (χ3v) is 4.77. The average molecular weight is 348 g/mol. The molecule has 2 rings (SSSR count). The van der Waals surface area contributed by atoms with E-state index in [9.17, 15) is 8.42 Å². The minimum Gasteiger partial charge on any atom is -0.453 e. The van der Waals surface area contributed by atoms with Gasteiger partial charge < -0.3 is 9.40 Å². The van der Waals surface area contributed by atoms with Gasteiger partial charge in [-0.1, -0.05) is 6.92 Å². The minimum atomic E-state index is -3.58. The summed E-state index contributed by atoms with van der Waals surface area (Å²) in [5.41, 5.74) is 0. The van der Waals surface area contributed by atoms with Gasteiger partial charge >= 0.3 is 0 Å². The zero-order valence-corrected chi connectivity index (χ0v) is 13.0. The molecule has 2 aromatic rings. The van der Waals surface area contributed by atoms with Crippen molar-refractivity contribution in [2.75, 3.05) is 7.05 Å². The molecule has 0 spiro atoms. The molecule has 0 amide bonds. The van der Waals surface area contributed by atoms with Crippen LogP contribution in [-0.4, -0.2) is 29.7 Å². The molecule has 0 aliphatic heterocycles. The first-order valence-corrected chi connectivity index (χ1v) is 7.91. The summed E-state index contributed by atoms with van der Waals surface area (Å²) in [6.45, 7) is 2.06. The summed E-state index contributed by atoms with van der Waals surface area (Å²) in [6.07, 6.45) is 1.99. The Balaban J connectivity index is 2.19. The van der Waals surface area contributed by atoms with Gasteiger partial charge in [-0.15, -0.1) is 0 Å². The van der Waals surface area contributed by atoms with Crippen molar-refractivity contribution in [3.63, 3.8) is 0 Å². The Kier molecular flexibility index (Phi) is 4.12. The van der Waals surface area contributed by atoms with E-state index in [0.717, 1.165) is 0 Å². The number of aromatic amines is 1. The van der Waals surface area contributed by atoms with Crippen molar-refractivity contribution in [2.24, 2.45) is 0 Å². The van der Waals surface area contributed by atoms with Gasteiger partial charge in [-0.3, -0.25) is 0 Å². The molecule has 2 heterocycles. The van der Waals surface area contributed by atoms with E-state index in [1.54, 1.807) is 12.1 Å². The third kappa shape index (κ3) is 3.07. The molecule has 19 heavy (non-hydrogen) atoms. The van der Waals surface area contributed by atoms with Crippen molar-refractivity contribution in [2.45, 2.75) is 24.9 Å². The van der Waals surface area contributed by atoms with Gasteiger partial charge in [0.1, 0.15) is 11.6 Å². The van der Waals surface area contributed by atoms with Gasteiger partial charge in [0, 0.05) is 13.5 Å². The lowest BCUT2D eigenvalue weighted by atomic mass is 10.4. The highest BCUT2D eigenvalue weighted by Gasteiger charge is 2.24. The van der Waals surface area contributed by atoms with Crippen LogP contribution < -0.4 is 0 Å². The summed E-state index contributed by atoms with van der Waals surface area (Å²) in [5.74, 6) is 1.21. The Labute approximate surface area is 120 Å². The fourth-order valence-corrected chi connectivity index (χ4v) is 2.97. The number of sulfonamides is 1. The number of halogens is 1. The van der Waals surface area contributed by atoms with E-state index in [4.69, 9.17) is 4.42 Å². The van der Waals surface area contributed by atoms with E-state index in [0.29, 0.717) is 22.7 Å². The smallest absolute Gasteiger partial charge is 0.260 e. The highest BCUT2D eigenvalue weighted by Crippen LogP contribution is 2.19. The molecule has 0 aliphatic carbocycles. The van der Waals surface area contributed by atoms with Crippen molar-refractivity contribution in [1.82, 2.24) is 14.3 Å². The Hall–Kier alpha value is -1.12. The Bertz CT molecular complexity index is 662. The summed E-state index contributed by atoms with van der Waals surface area (Å²) >= 11 is 3.18. The quantitative estimate of drug-likeness (QED) is 0.898. The van der Waals surface area contributed by atoms with Crippen molar-refractivity contribution < 1.29 is 12.8 Å². The molecule has 0 aromatic carbocycles. The predicted molar refractivity (Wildman–Crippen MR) is 73.0 cm³/mol. The first-order chi connectivity index (χ1) is 8.93. The highest BCUT2D eigenvalue weighted by molar-refractivity contribution is 9.10. The molecule has 1 N–H and O–H groups in total. The summed E-state index contributed by atoms with van der Waals surface area (Å²) < 4.78 is 31.6. The SMILES string of the molecule is CCc1ncc(S(=O)(=O)N(C)Cc2ccc(Br)o2)[nH]1. The van der Waals surface area contributed by atoms with E-state index < -0.39 is 10.0 Å². The van der Waals surface area contributed by atoms with Crippen LogP contribution in [0, 0.1) is 0 Å². The van der Waals surface area contributed by atoms with Gasteiger partial charge in [-0.25, -0.2) is 13.4 Å². The Morgan fingerprint density at radius 1 is 1.47 bits per heavy atom. The van der Waals surface area contributed by atoms with E-state index in [2.05, 4.69) is 25.9 Å². The lowest BCUT2D eigenvalue weighted by Crippen LogP contribution is -2.26. The molecule has 0 saturated carbocycles. The molecule has 8 heteroatoms. The highest BCUT2D eigenvalue weighted by atomic mass is 79.9. The van der Waals surface area contributed by atoms with Crippen LogP contribution in [0.3, 0.4) is 0 Å². The first-order valence-electron chi connectivity index (χ1n) is 5.68. The molecule has 0 aliphatic rings. The lowest BCUT2D eigenvalue weighted by molar-refractivity contribution is 0.397. The lowest BCUT2D eigenvalue weighted by Gasteiger charge is -2.14. The van der Waals surface area contributed by atoms with Gasteiger partial charge in [0.05, 0.1) is 12.7 Å². The van der Waals surface area contributed by atoms with E-state index in [1.807, 2.05) is 6.92 Å². The van der Waals surface area contributed by atoms with Crippen LogP contribution in [0.5, 0.6) is 0 Å². The van der Waals surface area contributed by atoms with Crippen LogP contribution in [0.15, 0.2) is 32.4 Å². The van der Waals surface area contributed by atoms with Crippen molar-refractivity contribution in [3.05, 3.63) is 34.6 Å². The maximum Gasteiger partial charge on any atom is 0.260 e. The number of aromatic nitrogens is 2. The number of rotatable bonds is 5. The van der Waals surface area contributed by atoms with E-state index in [-0.39, 0.29) is 11.6 Å². The molecule has 6 nitrogen and oxygen atoms in total. The Morgan fingerprint density at radius 3 is 2.74 bits per heavy atom. The minimum absolute atomic E-state index is 0.0949. The molecule has 2 aromatic heterocycles. The standard InChI is InChI=1S/C11H14BrN3O3S/c1-3-10-13-6-11(14-10)19(16,17)15(2)7-8-4-5-9(12)18-8/h4-6H,3,7H2,1-2H3,(H,13,14). The maximum absolute atomic E-state index is 12.3. The molecular formula is C11H14BrN3O3S. The molecule has 0 unspecified atom stereocenters. The number of hydrogen-bond donors (Lipinski definition) is 1. The second-order valence-electron chi connectivity index (χ2n) is 4.01. The Morgan fingerprint density at radius 2 is 2.21 bits per heavy atom. The fourth-order valence-electron chi connectivity index (χ4n) is 1.56. The number of H-pyrrole nitrogens is 1. The molecule has 0 fully saturated rings. The third-order valence-electron chi connectivity index (χ3n) is 2.64. The summed E-state index contributed by atoms with van der Waals surface area (Å²) in [7, 11) is -2.08. The first kappa shape index (κ1) is 14.3. The second kappa shape index (κ2) is 5.48. The number of aryl methyl sites for hydroxylation is 1. The van der Waals surface area contributed by atoms with E-state index >= 15 is 0 Å². The monoisotopic (exact) mass is 347 g/mol. The molecule has 0 bridgehead atoms. The molecule has 0 saturated heterocycles. The zero-order valence-electron chi connectivity index (χ0n) is 10.6. The van der Waals surface area contributed by atoms with E-state index in [1.165, 1.54) is 17.5 Å². The number of furan rings is 1. The van der Waals surface area contributed by atoms with Gasteiger partial charge in [0.25, 0.3) is 10.0 Å². The fraction of sp³-hybridized carbons (Fsp3) is 0.364. The van der Waals surface area contributed by atoms with Crippen molar-refractivity contribution in [1.29, 1.82) is 0 Å². The number of nitrogens with zero attached hydrogens (tertiary/aromatic N) is 2. The predicted octanol–water partition coefficient (Wildman–Crippen LogP) is 2.15. The average Bonchev–Trinajstić information content (AvgIpc) is 2.98. The van der Waals surface area contributed by atoms with Crippen LogP contribution >= 0.6 is 15.9 Å². The van der Waals surface area contributed by atoms with Gasteiger partial charge in [-0.05, 0) is 28.1 Å². The normalized spacial score (nSPS) is 12.2. The van der Waals surface area contributed by atoms with Crippen LogP contribution in [0.2, 0.25) is 0 Å². The summed E-state index contributed by atoms with van der Waals surface area (Å²) in [6, 6.07) is 3.45. The topological polar surface area (TPSA) is 79.2 Å². The maximum atomic E-state index is 12.3. The van der Waals surface area contributed by atoms with Gasteiger partial charge in [0.2, 0.25) is 0 Å². The summed E-state index contributed by atoms with van der Waals surface area (Å²) in [4.78, 5) is 6.80. The van der Waals surface area contributed by atoms with Crippen LogP contribution in [0.4, 0.5) is 0 Å². The molecule has 104 valence electrons. The second-order valence-corrected chi connectivity index (χ2v) is 6.81. The van der Waals surface area contributed by atoms with Crippen molar-refractivity contribution in [3.8, 4) is 0 Å². The van der Waals surface area contributed by atoms with Crippen LogP contribution in [0.25, 0.3) is 0 Å². The van der Waals surface area contributed by atoms with Crippen LogP contribution in [0.1, 0.15) is 18.5 Å². The van der Waals surface area contributed by atoms with Crippen LogP contribution in [-0.2, 0) is 23.0 Å². The zero-order chi connectivity index (χ0) is 14.0. The van der Waals surface area contributed by atoms with Gasteiger partial charge in [0.15, 0.2) is 9.70 Å². The largest absolute Gasteiger partial charge is 0.453 e. The molecule has 0 radical (unpaired) electrons. The van der Waals surface area contributed by atoms with Gasteiger partial charge in [-0.2, -0.15) is 4.31 Å². The summed E-state index contributed by atoms with van der Waals surface area (Å²) in [5, 5.41) is 0.0949. The molecule has 0 atom stereocenters.